The van der Waals surface area contributed by atoms with E-state index in [1.54, 1.807) is 60.7 Å². The second-order valence-corrected chi connectivity index (χ2v) is 8.19. The summed E-state index contributed by atoms with van der Waals surface area (Å²) < 4.78 is 5.83. The monoisotopic (exact) mass is 463 g/mol. The predicted octanol–water partition coefficient (Wildman–Crippen LogP) is 5.42. The van der Waals surface area contributed by atoms with Crippen molar-refractivity contribution in [3.8, 4) is 11.5 Å². The SMILES string of the molecule is Cc1ccc(Oc2ccc(N3C(=O)c4ccc(NC(=O)c5cccc(N)c5)cc4C3=O)cc2)cc1. The molecule has 0 saturated carbocycles. The quantitative estimate of drug-likeness (QED) is 0.304. The van der Waals surface area contributed by atoms with Crippen molar-refractivity contribution in [1.29, 1.82) is 0 Å². The first-order valence-electron chi connectivity index (χ1n) is 10.9. The molecule has 35 heavy (non-hydrogen) atoms. The number of nitrogens with two attached hydrogens (primary N) is 1. The number of benzene rings is 4. The molecule has 0 spiro atoms. The third-order valence-corrected chi connectivity index (χ3v) is 5.64. The topological polar surface area (TPSA) is 102 Å². The van der Waals surface area contributed by atoms with Crippen molar-refractivity contribution >= 4 is 34.8 Å². The number of imide groups is 1. The summed E-state index contributed by atoms with van der Waals surface area (Å²) in [4.78, 5) is 39.7. The van der Waals surface area contributed by atoms with Crippen LogP contribution in [0.25, 0.3) is 0 Å². The van der Waals surface area contributed by atoms with E-state index in [0.717, 1.165) is 10.5 Å². The molecule has 4 aromatic carbocycles. The van der Waals surface area contributed by atoms with E-state index in [-0.39, 0.29) is 17.0 Å². The highest BCUT2D eigenvalue weighted by molar-refractivity contribution is 6.34. The Labute approximate surface area is 201 Å². The van der Waals surface area contributed by atoms with Crippen molar-refractivity contribution in [2.75, 3.05) is 16.0 Å². The molecule has 0 aromatic heterocycles. The fourth-order valence-electron chi connectivity index (χ4n) is 3.84. The zero-order valence-corrected chi connectivity index (χ0v) is 18.8. The first-order chi connectivity index (χ1) is 16.9. The molecule has 0 bridgehead atoms. The van der Waals surface area contributed by atoms with E-state index >= 15 is 0 Å². The van der Waals surface area contributed by atoms with Gasteiger partial charge in [0.25, 0.3) is 17.7 Å². The molecular formula is C28H21N3O4. The molecule has 1 heterocycles. The maximum absolute atomic E-state index is 13.1. The number of aryl methyl sites for hydroxylation is 1. The van der Waals surface area contributed by atoms with Gasteiger partial charge in [0.05, 0.1) is 16.8 Å². The Morgan fingerprint density at radius 1 is 0.800 bits per heavy atom. The standard InChI is InChI=1S/C28H21N3O4/c1-17-5-10-22(11-6-17)35-23-12-8-21(9-13-23)31-27(33)24-14-7-20(16-25(24)28(31)34)30-26(32)18-3-2-4-19(29)15-18/h2-16H,29H2,1H3,(H,30,32). The average molecular weight is 463 g/mol. The molecule has 0 atom stereocenters. The fraction of sp³-hybridized carbons (Fsp3) is 0.0357. The van der Waals surface area contributed by atoms with Gasteiger partial charge >= 0.3 is 0 Å². The summed E-state index contributed by atoms with van der Waals surface area (Å²) in [6, 6.07) is 25.6. The van der Waals surface area contributed by atoms with E-state index in [4.69, 9.17) is 10.5 Å². The van der Waals surface area contributed by atoms with Gasteiger partial charge in [-0.2, -0.15) is 0 Å². The largest absolute Gasteiger partial charge is 0.457 e. The molecule has 1 aliphatic heterocycles. The Morgan fingerprint density at radius 2 is 1.46 bits per heavy atom. The maximum Gasteiger partial charge on any atom is 0.266 e. The number of rotatable bonds is 5. The number of fused-ring (bicyclic) bond motifs is 1. The molecule has 172 valence electrons. The van der Waals surface area contributed by atoms with Crippen molar-refractivity contribution in [1.82, 2.24) is 0 Å². The minimum absolute atomic E-state index is 0.223. The third-order valence-electron chi connectivity index (χ3n) is 5.64. The Balaban J connectivity index is 1.34. The molecule has 7 nitrogen and oxygen atoms in total. The lowest BCUT2D eigenvalue weighted by Gasteiger charge is -2.14. The van der Waals surface area contributed by atoms with Gasteiger partial charge in [0.15, 0.2) is 0 Å². The summed E-state index contributed by atoms with van der Waals surface area (Å²) in [7, 11) is 0. The van der Waals surface area contributed by atoms with Crippen LogP contribution in [-0.4, -0.2) is 17.7 Å². The number of nitrogen functional groups attached to an aromatic ring is 1. The minimum Gasteiger partial charge on any atom is -0.457 e. The zero-order valence-electron chi connectivity index (χ0n) is 18.8. The van der Waals surface area contributed by atoms with E-state index in [0.29, 0.717) is 34.1 Å². The number of hydrogen-bond donors (Lipinski definition) is 2. The molecule has 1 aliphatic rings. The Kier molecular flexibility index (Phi) is 5.51. The van der Waals surface area contributed by atoms with E-state index in [9.17, 15) is 14.4 Å². The summed E-state index contributed by atoms with van der Waals surface area (Å²) in [5.74, 6) is 0.0239. The van der Waals surface area contributed by atoms with Crippen LogP contribution in [0, 0.1) is 6.92 Å². The van der Waals surface area contributed by atoms with Crippen molar-refractivity contribution in [2.24, 2.45) is 0 Å². The number of carbonyl (C=O) groups is 3. The molecule has 4 aromatic rings. The van der Waals surface area contributed by atoms with Crippen LogP contribution in [0.2, 0.25) is 0 Å². The van der Waals surface area contributed by atoms with Crippen LogP contribution in [0.4, 0.5) is 17.1 Å². The van der Waals surface area contributed by atoms with Crippen LogP contribution in [0.3, 0.4) is 0 Å². The van der Waals surface area contributed by atoms with E-state index in [2.05, 4.69) is 5.32 Å². The first-order valence-corrected chi connectivity index (χ1v) is 10.9. The van der Waals surface area contributed by atoms with Gasteiger partial charge in [0.2, 0.25) is 0 Å². The Morgan fingerprint density at radius 3 is 2.14 bits per heavy atom. The number of nitrogens with one attached hydrogen (secondary N) is 1. The van der Waals surface area contributed by atoms with Crippen LogP contribution < -0.4 is 20.7 Å². The lowest BCUT2D eigenvalue weighted by molar-refractivity contribution is 0.0924. The van der Waals surface area contributed by atoms with E-state index < -0.39 is 11.8 Å². The van der Waals surface area contributed by atoms with Gasteiger partial charge in [-0.3, -0.25) is 14.4 Å². The first kappa shape index (κ1) is 21.9. The smallest absolute Gasteiger partial charge is 0.266 e. The normalized spacial score (nSPS) is 12.4. The Bertz CT molecular complexity index is 1460. The summed E-state index contributed by atoms with van der Waals surface area (Å²) in [6.45, 7) is 2.00. The number of amides is 3. The van der Waals surface area contributed by atoms with Gasteiger partial charge in [-0.15, -0.1) is 0 Å². The molecule has 3 N–H and O–H groups in total. The Hall–Kier alpha value is -4.91. The van der Waals surface area contributed by atoms with Gasteiger partial charge < -0.3 is 15.8 Å². The molecule has 5 rings (SSSR count). The lowest BCUT2D eigenvalue weighted by atomic mass is 10.1. The fourth-order valence-corrected chi connectivity index (χ4v) is 3.84. The van der Waals surface area contributed by atoms with Crippen LogP contribution in [0.1, 0.15) is 36.6 Å². The predicted molar refractivity (Wildman–Crippen MR) is 134 cm³/mol. The molecule has 3 amide bonds. The van der Waals surface area contributed by atoms with Crippen LogP contribution in [0.5, 0.6) is 11.5 Å². The van der Waals surface area contributed by atoms with Crippen LogP contribution in [0.15, 0.2) is 91.0 Å². The van der Waals surface area contributed by atoms with Crippen molar-refractivity contribution < 1.29 is 19.1 Å². The van der Waals surface area contributed by atoms with Gasteiger partial charge in [0.1, 0.15) is 11.5 Å². The number of nitrogens with zero attached hydrogens (tertiary/aromatic N) is 1. The number of ether oxygens (including phenoxy) is 1. The molecule has 7 heteroatoms. The summed E-state index contributed by atoms with van der Waals surface area (Å²) >= 11 is 0. The second kappa shape index (κ2) is 8.79. The molecule has 0 fully saturated rings. The highest BCUT2D eigenvalue weighted by Crippen LogP contribution is 2.32. The van der Waals surface area contributed by atoms with Gasteiger partial charge in [-0.25, -0.2) is 4.90 Å². The zero-order chi connectivity index (χ0) is 24.5. The lowest BCUT2D eigenvalue weighted by Crippen LogP contribution is -2.29. The average Bonchev–Trinajstić information content (AvgIpc) is 3.10. The summed E-state index contributed by atoms with van der Waals surface area (Å²) in [5.41, 5.74) is 9.07. The molecule has 0 aliphatic carbocycles. The van der Waals surface area contributed by atoms with Crippen LogP contribution in [-0.2, 0) is 0 Å². The highest BCUT2D eigenvalue weighted by atomic mass is 16.5. The van der Waals surface area contributed by atoms with Crippen molar-refractivity contribution in [3.63, 3.8) is 0 Å². The maximum atomic E-state index is 13.1. The molecule has 0 radical (unpaired) electrons. The van der Waals surface area contributed by atoms with Gasteiger partial charge in [-0.1, -0.05) is 23.8 Å². The van der Waals surface area contributed by atoms with Crippen molar-refractivity contribution in [2.45, 2.75) is 6.92 Å². The molecule has 0 unspecified atom stereocenters. The van der Waals surface area contributed by atoms with Crippen LogP contribution >= 0.6 is 0 Å². The minimum atomic E-state index is -0.461. The van der Waals surface area contributed by atoms with E-state index in [1.165, 1.54) is 6.07 Å². The highest BCUT2D eigenvalue weighted by Gasteiger charge is 2.37. The number of hydrogen-bond acceptors (Lipinski definition) is 5. The molecule has 0 saturated heterocycles. The third kappa shape index (κ3) is 4.35. The van der Waals surface area contributed by atoms with Gasteiger partial charge in [0, 0.05) is 16.9 Å². The summed E-state index contributed by atoms with van der Waals surface area (Å²) in [6.07, 6.45) is 0. The van der Waals surface area contributed by atoms with Gasteiger partial charge in [-0.05, 0) is 79.7 Å². The number of anilines is 3. The van der Waals surface area contributed by atoms with E-state index in [1.807, 2.05) is 31.2 Å². The number of carbonyl (C=O) groups excluding carboxylic acids is 3. The van der Waals surface area contributed by atoms with Crippen molar-refractivity contribution in [3.05, 3.63) is 113 Å². The summed E-state index contributed by atoms with van der Waals surface area (Å²) in [5, 5.41) is 2.75. The second-order valence-electron chi connectivity index (χ2n) is 8.19. The molecular weight excluding hydrogens is 442 g/mol.